The summed E-state index contributed by atoms with van der Waals surface area (Å²) in [5, 5.41) is 2.86. The van der Waals surface area contributed by atoms with Gasteiger partial charge in [-0.25, -0.2) is 0 Å². The van der Waals surface area contributed by atoms with Gasteiger partial charge in [0, 0.05) is 33.0 Å². The maximum Gasteiger partial charge on any atom is 0.251 e. The van der Waals surface area contributed by atoms with Crippen LogP contribution in [0.2, 0.25) is 0 Å². The van der Waals surface area contributed by atoms with Crippen LogP contribution in [0.1, 0.15) is 10.4 Å². The third kappa shape index (κ3) is 2.21. The van der Waals surface area contributed by atoms with Crippen molar-refractivity contribution < 1.29 is 4.79 Å². The van der Waals surface area contributed by atoms with Crippen molar-refractivity contribution in [1.82, 2.24) is 9.97 Å². The highest BCUT2D eigenvalue weighted by atomic mass is 79.9. The van der Waals surface area contributed by atoms with Gasteiger partial charge in [0.25, 0.3) is 5.91 Å². The number of nitrogens with two attached hydrogens (primary N) is 1. The first kappa shape index (κ1) is 14.0. The maximum atomic E-state index is 12.1. The highest BCUT2D eigenvalue weighted by Gasteiger charge is 2.18. The van der Waals surface area contributed by atoms with Crippen LogP contribution >= 0.6 is 15.9 Å². The minimum atomic E-state index is -0.442. The Morgan fingerprint density at radius 2 is 1.83 bits per heavy atom. The molecule has 0 aliphatic heterocycles. The average Bonchev–Trinajstić information content (AvgIpc) is 2.95. The second-order valence-corrected chi connectivity index (χ2v) is 6.25. The van der Waals surface area contributed by atoms with Crippen molar-refractivity contribution in [3.8, 4) is 11.3 Å². The van der Waals surface area contributed by atoms with Crippen LogP contribution in [0, 0.1) is 0 Å². The Kier molecular flexibility index (Phi) is 3.16. The standard InChI is InChI=1S/C18H12BrN3O/c19-12-4-1-10(2-5-12)16-15(18(20)23)14-6-3-11-9-21-8-7-13(11)17(14)22-16/h1-9,22H,(H2,20,23). The summed E-state index contributed by atoms with van der Waals surface area (Å²) in [6.07, 6.45) is 3.55. The molecule has 0 aliphatic rings. The highest BCUT2D eigenvalue weighted by Crippen LogP contribution is 2.34. The van der Waals surface area contributed by atoms with Crippen molar-refractivity contribution in [2.75, 3.05) is 0 Å². The first-order valence-corrected chi connectivity index (χ1v) is 7.88. The number of halogens is 1. The van der Waals surface area contributed by atoms with E-state index in [1.807, 2.05) is 42.5 Å². The minimum absolute atomic E-state index is 0.442. The number of rotatable bonds is 2. The van der Waals surface area contributed by atoms with Gasteiger partial charge in [-0.15, -0.1) is 0 Å². The molecule has 0 saturated heterocycles. The van der Waals surface area contributed by atoms with Gasteiger partial charge in [-0.3, -0.25) is 9.78 Å². The zero-order chi connectivity index (χ0) is 16.0. The summed E-state index contributed by atoms with van der Waals surface area (Å²) in [4.78, 5) is 19.6. The lowest BCUT2D eigenvalue weighted by molar-refractivity contribution is 0.100. The number of hydrogen-bond acceptors (Lipinski definition) is 2. The Morgan fingerprint density at radius 1 is 1.04 bits per heavy atom. The molecule has 0 aliphatic carbocycles. The maximum absolute atomic E-state index is 12.1. The monoisotopic (exact) mass is 365 g/mol. The summed E-state index contributed by atoms with van der Waals surface area (Å²) in [5.41, 5.74) is 8.73. The summed E-state index contributed by atoms with van der Waals surface area (Å²) in [6.45, 7) is 0. The van der Waals surface area contributed by atoms with Crippen molar-refractivity contribution in [3.63, 3.8) is 0 Å². The summed E-state index contributed by atoms with van der Waals surface area (Å²) < 4.78 is 0.981. The highest BCUT2D eigenvalue weighted by molar-refractivity contribution is 9.10. The number of amides is 1. The number of nitrogens with zero attached hydrogens (tertiary/aromatic N) is 1. The predicted octanol–water partition coefficient (Wildman–Crippen LogP) is 4.24. The van der Waals surface area contributed by atoms with Gasteiger partial charge >= 0.3 is 0 Å². The molecular weight excluding hydrogens is 354 g/mol. The molecule has 5 heteroatoms. The average molecular weight is 366 g/mol. The lowest BCUT2D eigenvalue weighted by Crippen LogP contribution is -2.11. The van der Waals surface area contributed by atoms with Crippen LogP contribution in [0.5, 0.6) is 0 Å². The second-order valence-electron chi connectivity index (χ2n) is 5.33. The smallest absolute Gasteiger partial charge is 0.251 e. The molecule has 2 aromatic carbocycles. The van der Waals surface area contributed by atoms with Gasteiger partial charge < -0.3 is 10.7 Å². The van der Waals surface area contributed by atoms with Gasteiger partial charge in [0.2, 0.25) is 0 Å². The fourth-order valence-corrected chi connectivity index (χ4v) is 3.19. The topological polar surface area (TPSA) is 71.8 Å². The molecule has 0 bridgehead atoms. The van der Waals surface area contributed by atoms with E-state index in [1.54, 1.807) is 12.4 Å². The van der Waals surface area contributed by atoms with Crippen LogP contribution < -0.4 is 5.73 Å². The molecule has 0 saturated carbocycles. The number of H-pyrrole nitrogens is 1. The molecule has 4 aromatic rings. The Hall–Kier alpha value is -2.66. The lowest BCUT2D eigenvalue weighted by Gasteiger charge is -2.02. The van der Waals surface area contributed by atoms with Crippen molar-refractivity contribution >= 4 is 43.5 Å². The summed E-state index contributed by atoms with van der Waals surface area (Å²) in [6, 6.07) is 13.6. The number of aromatic amines is 1. The molecule has 23 heavy (non-hydrogen) atoms. The second kappa shape index (κ2) is 5.21. The van der Waals surface area contributed by atoms with E-state index in [-0.39, 0.29) is 0 Å². The van der Waals surface area contributed by atoms with Gasteiger partial charge in [0.1, 0.15) is 0 Å². The molecule has 4 nitrogen and oxygen atoms in total. The largest absolute Gasteiger partial charge is 0.366 e. The lowest BCUT2D eigenvalue weighted by atomic mass is 10.0. The summed E-state index contributed by atoms with van der Waals surface area (Å²) in [5.74, 6) is -0.442. The first-order chi connectivity index (χ1) is 11.1. The molecule has 0 unspecified atom stereocenters. The first-order valence-electron chi connectivity index (χ1n) is 7.09. The van der Waals surface area contributed by atoms with Crippen molar-refractivity contribution in [3.05, 3.63) is 64.9 Å². The molecule has 4 rings (SSSR count). The van der Waals surface area contributed by atoms with E-state index >= 15 is 0 Å². The van der Waals surface area contributed by atoms with Crippen LogP contribution in [0.25, 0.3) is 32.9 Å². The number of nitrogens with one attached hydrogen (secondary N) is 1. The van der Waals surface area contributed by atoms with E-state index in [1.165, 1.54) is 0 Å². The number of primary amides is 1. The van der Waals surface area contributed by atoms with Gasteiger partial charge in [-0.05, 0) is 23.8 Å². The van der Waals surface area contributed by atoms with E-state index in [0.717, 1.165) is 37.4 Å². The number of fused-ring (bicyclic) bond motifs is 3. The van der Waals surface area contributed by atoms with E-state index in [4.69, 9.17) is 5.73 Å². The van der Waals surface area contributed by atoms with Gasteiger partial charge in [-0.2, -0.15) is 0 Å². The Balaban J connectivity index is 2.11. The van der Waals surface area contributed by atoms with E-state index in [2.05, 4.69) is 25.9 Å². The molecule has 1 amide bonds. The van der Waals surface area contributed by atoms with Crippen molar-refractivity contribution in [1.29, 1.82) is 0 Å². The number of pyridine rings is 1. The Bertz CT molecular complexity index is 1050. The number of hydrogen-bond donors (Lipinski definition) is 2. The van der Waals surface area contributed by atoms with Crippen LogP contribution in [-0.2, 0) is 0 Å². The molecule has 3 N–H and O–H groups in total. The SMILES string of the molecule is NC(=O)c1c(-c2ccc(Br)cc2)[nH]c2c1ccc1cnccc12. The van der Waals surface area contributed by atoms with Gasteiger partial charge in [-0.1, -0.05) is 40.2 Å². The van der Waals surface area contributed by atoms with Crippen molar-refractivity contribution in [2.45, 2.75) is 0 Å². The Labute approximate surface area is 140 Å². The number of benzene rings is 2. The van der Waals surface area contributed by atoms with E-state index in [9.17, 15) is 4.79 Å². The summed E-state index contributed by atoms with van der Waals surface area (Å²) >= 11 is 3.42. The van der Waals surface area contributed by atoms with Crippen LogP contribution in [0.3, 0.4) is 0 Å². The van der Waals surface area contributed by atoms with Crippen LogP contribution in [-0.4, -0.2) is 15.9 Å². The van der Waals surface area contributed by atoms with Crippen molar-refractivity contribution in [2.24, 2.45) is 5.73 Å². The summed E-state index contributed by atoms with van der Waals surface area (Å²) in [7, 11) is 0. The molecule has 0 fully saturated rings. The quantitative estimate of drug-likeness (QED) is 0.557. The molecule has 0 radical (unpaired) electrons. The molecule has 0 atom stereocenters. The van der Waals surface area contributed by atoms with Crippen LogP contribution in [0.4, 0.5) is 0 Å². The fourth-order valence-electron chi connectivity index (χ4n) is 2.92. The number of carbonyl (C=O) groups is 1. The molecule has 2 aromatic heterocycles. The van der Waals surface area contributed by atoms with Gasteiger partial charge in [0.05, 0.1) is 16.8 Å². The predicted molar refractivity (Wildman–Crippen MR) is 95.3 cm³/mol. The zero-order valence-corrected chi connectivity index (χ0v) is 13.6. The molecule has 2 heterocycles. The molecule has 112 valence electrons. The van der Waals surface area contributed by atoms with E-state index < -0.39 is 5.91 Å². The fraction of sp³-hybridized carbons (Fsp3) is 0. The number of aromatic nitrogens is 2. The zero-order valence-electron chi connectivity index (χ0n) is 12.0. The Morgan fingerprint density at radius 3 is 2.57 bits per heavy atom. The minimum Gasteiger partial charge on any atom is -0.366 e. The normalized spacial score (nSPS) is 11.2. The van der Waals surface area contributed by atoms with E-state index in [0.29, 0.717) is 5.56 Å². The third-order valence-electron chi connectivity index (χ3n) is 3.97. The third-order valence-corrected chi connectivity index (χ3v) is 4.50. The number of carbonyl (C=O) groups excluding carboxylic acids is 1. The van der Waals surface area contributed by atoms with Crippen LogP contribution in [0.15, 0.2) is 59.3 Å². The molecule has 0 spiro atoms. The molecular formula is C18H12BrN3O. The van der Waals surface area contributed by atoms with Gasteiger partial charge in [0.15, 0.2) is 0 Å².